The van der Waals surface area contributed by atoms with Crippen LogP contribution in [-0.2, 0) is 13.0 Å². The van der Waals surface area contributed by atoms with Crippen molar-refractivity contribution in [3.63, 3.8) is 0 Å². The molecule has 1 unspecified atom stereocenters. The van der Waals surface area contributed by atoms with Crippen molar-refractivity contribution in [3.8, 4) is 0 Å². The lowest BCUT2D eigenvalue weighted by Gasteiger charge is -2.22. The molecule has 0 radical (unpaired) electrons. The second kappa shape index (κ2) is 10.8. The van der Waals surface area contributed by atoms with E-state index in [0.29, 0.717) is 17.9 Å². The van der Waals surface area contributed by atoms with Gasteiger partial charge in [-0.25, -0.2) is 9.78 Å². The maximum atomic E-state index is 12.4. The van der Waals surface area contributed by atoms with Gasteiger partial charge >= 0.3 is 5.63 Å². The van der Waals surface area contributed by atoms with Crippen LogP contribution in [0.15, 0.2) is 20.7 Å². The summed E-state index contributed by atoms with van der Waals surface area (Å²) in [4.78, 5) is 29.2. The molecule has 1 aliphatic rings. The first-order valence-electron chi connectivity index (χ1n) is 8.65. The van der Waals surface area contributed by atoms with E-state index in [4.69, 9.17) is 4.42 Å². The molecule has 0 saturated carbocycles. The summed E-state index contributed by atoms with van der Waals surface area (Å²) in [6, 6.07) is 1.83. The SMILES string of the molecule is CCc1csc(CNC(=O)c2c(C)cc(C3CCCNC3)oc2=O)n1.Cl.Cl. The molecule has 0 aliphatic carbocycles. The van der Waals surface area contributed by atoms with E-state index in [1.165, 1.54) is 11.3 Å². The Bertz CT molecular complexity index is 816. The predicted octanol–water partition coefficient (Wildman–Crippen LogP) is 3.21. The molecule has 0 bridgehead atoms. The van der Waals surface area contributed by atoms with Gasteiger partial charge in [0.1, 0.15) is 16.3 Å². The maximum Gasteiger partial charge on any atom is 0.349 e. The van der Waals surface area contributed by atoms with Gasteiger partial charge in [0.25, 0.3) is 5.91 Å². The number of amides is 1. The lowest BCUT2D eigenvalue weighted by Crippen LogP contribution is -2.31. The number of aromatic nitrogens is 1. The number of hydrogen-bond acceptors (Lipinski definition) is 6. The Morgan fingerprint density at radius 1 is 1.44 bits per heavy atom. The number of thiazole rings is 1. The molecular formula is C18H25Cl2N3O3S. The van der Waals surface area contributed by atoms with E-state index in [1.54, 1.807) is 6.92 Å². The first kappa shape index (κ1) is 23.6. The van der Waals surface area contributed by atoms with Crippen molar-refractivity contribution in [1.29, 1.82) is 0 Å². The third kappa shape index (κ3) is 5.78. The zero-order valence-electron chi connectivity index (χ0n) is 15.4. The number of halogens is 2. The molecule has 1 fully saturated rings. The van der Waals surface area contributed by atoms with E-state index in [0.717, 1.165) is 43.1 Å². The second-order valence-electron chi connectivity index (χ2n) is 6.31. The zero-order chi connectivity index (χ0) is 17.8. The summed E-state index contributed by atoms with van der Waals surface area (Å²) in [6.45, 7) is 5.94. The Labute approximate surface area is 175 Å². The van der Waals surface area contributed by atoms with Crippen LogP contribution in [0, 0.1) is 6.92 Å². The van der Waals surface area contributed by atoms with Gasteiger partial charge in [-0.3, -0.25) is 4.79 Å². The molecule has 0 spiro atoms. The van der Waals surface area contributed by atoms with Crippen LogP contribution in [0.1, 0.15) is 58.1 Å². The fraction of sp³-hybridized carbons (Fsp3) is 0.500. The van der Waals surface area contributed by atoms with E-state index in [1.807, 2.05) is 18.4 Å². The lowest BCUT2D eigenvalue weighted by molar-refractivity contribution is 0.0945. The summed E-state index contributed by atoms with van der Waals surface area (Å²) in [5.41, 5.74) is 1.18. The number of piperidine rings is 1. The fourth-order valence-electron chi connectivity index (χ4n) is 3.04. The van der Waals surface area contributed by atoms with Crippen molar-refractivity contribution in [2.45, 2.75) is 45.6 Å². The smallest absolute Gasteiger partial charge is 0.349 e. The van der Waals surface area contributed by atoms with E-state index in [-0.39, 0.29) is 36.3 Å². The molecule has 1 amide bonds. The highest BCUT2D eigenvalue weighted by Crippen LogP contribution is 2.23. The molecule has 0 aromatic carbocycles. The predicted molar refractivity (Wildman–Crippen MR) is 112 cm³/mol. The Morgan fingerprint density at radius 3 is 2.81 bits per heavy atom. The number of hydrogen-bond donors (Lipinski definition) is 2. The molecule has 2 N–H and O–H groups in total. The average molecular weight is 434 g/mol. The van der Waals surface area contributed by atoms with Crippen molar-refractivity contribution in [1.82, 2.24) is 15.6 Å². The Morgan fingerprint density at radius 2 is 2.22 bits per heavy atom. The second-order valence-corrected chi connectivity index (χ2v) is 7.25. The summed E-state index contributed by atoms with van der Waals surface area (Å²) >= 11 is 1.51. The van der Waals surface area contributed by atoms with Crippen molar-refractivity contribution < 1.29 is 9.21 Å². The van der Waals surface area contributed by atoms with Crippen LogP contribution in [0.3, 0.4) is 0 Å². The van der Waals surface area contributed by atoms with Crippen LogP contribution in [0.4, 0.5) is 0 Å². The molecule has 3 rings (SSSR count). The molecular weight excluding hydrogens is 409 g/mol. The highest BCUT2D eigenvalue weighted by molar-refractivity contribution is 7.09. The van der Waals surface area contributed by atoms with Crippen LogP contribution >= 0.6 is 36.2 Å². The largest absolute Gasteiger partial charge is 0.427 e. The van der Waals surface area contributed by atoms with Crippen LogP contribution in [-0.4, -0.2) is 24.0 Å². The number of nitrogens with one attached hydrogen (secondary N) is 2. The van der Waals surface area contributed by atoms with E-state index >= 15 is 0 Å². The monoisotopic (exact) mass is 433 g/mol. The van der Waals surface area contributed by atoms with Crippen molar-refractivity contribution >= 4 is 42.1 Å². The minimum Gasteiger partial charge on any atom is -0.427 e. The highest BCUT2D eigenvalue weighted by atomic mass is 35.5. The molecule has 1 atom stereocenters. The number of carbonyl (C=O) groups is 1. The quantitative estimate of drug-likeness (QED) is 0.755. The number of aryl methyl sites for hydroxylation is 2. The standard InChI is InChI=1S/C18H23N3O3S.2ClH/c1-3-13-10-25-15(21-13)9-20-17(22)16-11(2)7-14(24-18(16)23)12-5-4-6-19-8-12;;/h7,10,12,19H,3-6,8-9H2,1-2H3,(H,20,22);2*1H. The normalized spacial score (nSPS) is 16.1. The fourth-order valence-corrected chi connectivity index (χ4v) is 3.86. The zero-order valence-corrected chi connectivity index (χ0v) is 17.8. The molecule has 2 aromatic rings. The minimum atomic E-state index is -0.563. The summed E-state index contributed by atoms with van der Waals surface area (Å²) in [6.07, 6.45) is 2.92. The van der Waals surface area contributed by atoms with Gasteiger partial charge in [-0.05, 0) is 44.4 Å². The molecule has 27 heavy (non-hydrogen) atoms. The van der Waals surface area contributed by atoms with Crippen LogP contribution in [0.5, 0.6) is 0 Å². The molecule has 150 valence electrons. The van der Waals surface area contributed by atoms with Gasteiger partial charge in [0.2, 0.25) is 0 Å². The highest BCUT2D eigenvalue weighted by Gasteiger charge is 2.22. The van der Waals surface area contributed by atoms with Gasteiger partial charge in [0.05, 0.1) is 12.2 Å². The van der Waals surface area contributed by atoms with Gasteiger partial charge in [0.15, 0.2) is 0 Å². The third-order valence-corrected chi connectivity index (χ3v) is 5.35. The van der Waals surface area contributed by atoms with Gasteiger partial charge in [-0.15, -0.1) is 36.2 Å². The molecule has 3 heterocycles. The van der Waals surface area contributed by atoms with E-state index < -0.39 is 11.5 Å². The summed E-state index contributed by atoms with van der Waals surface area (Å²) < 4.78 is 5.45. The van der Waals surface area contributed by atoms with Crippen molar-refractivity contribution in [2.24, 2.45) is 0 Å². The van der Waals surface area contributed by atoms with Crippen LogP contribution in [0.2, 0.25) is 0 Å². The van der Waals surface area contributed by atoms with Gasteiger partial charge in [0, 0.05) is 17.8 Å². The van der Waals surface area contributed by atoms with E-state index in [9.17, 15) is 9.59 Å². The number of rotatable bonds is 5. The third-order valence-electron chi connectivity index (χ3n) is 4.46. The van der Waals surface area contributed by atoms with Crippen molar-refractivity contribution in [2.75, 3.05) is 13.1 Å². The lowest BCUT2D eigenvalue weighted by atomic mass is 9.95. The average Bonchev–Trinajstić information content (AvgIpc) is 3.08. The topological polar surface area (TPSA) is 84.2 Å². The summed E-state index contributed by atoms with van der Waals surface area (Å²) in [5.74, 6) is 0.451. The van der Waals surface area contributed by atoms with E-state index in [2.05, 4.69) is 15.6 Å². The molecule has 1 saturated heterocycles. The number of carbonyl (C=O) groups excluding carboxylic acids is 1. The maximum absolute atomic E-state index is 12.4. The number of nitrogens with zero attached hydrogens (tertiary/aromatic N) is 1. The summed E-state index contributed by atoms with van der Waals surface area (Å²) in [7, 11) is 0. The van der Waals surface area contributed by atoms with Crippen molar-refractivity contribution in [3.05, 3.63) is 49.5 Å². The molecule has 2 aromatic heterocycles. The van der Waals surface area contributed by atoms with Crippen LogP contribution < -0.4 is 16.3 Å². The van der Waals surface area contributed by atoms with Gasteiger partial charge in [-0.1, -0.05) is 6.92 Å². The molecule has 6 nitrogen and oxygen atoms in total. The minimum absolute atomic E-state index is 0. The first-order chi connectivity index (χ1) is 12.1. The Hall–Kier alpha value is -1.41. The molecule has 1 aliphatic heterocycles. The molecule has 9 heteroatoms. The summed E-state index contributed by atoms with van der Waals surface area (Å²) in [5, 5.41) is 8.89. The van der Waals surface area contributed by atoms with Crippen LogP contribution in [0.25, 0.3) is 0 Å². The first-order valence-corrected chi connectivity index (χ1v) is 9.53. The Kier molecular flexibility index (Phi) is 9.45. The van der Waals surface area contributed by atoms with Gasteiger partial charge < -0.3 is 15.1 Å². The Balaban J connectivity index is 0.00000182. The van der Waals surface area contributed by atoms with Gasteiger partial charge in [-0.2, -0.15) is 0 Å².